The minimum Gasteiger partial charge on any atom is -0.436 e. The quantitative estimate of drug-likeness (QED) is 0.287. The molecule has 0 radical (unpaired) electrons. The molecule has 0 N–H and O–H groups in total. The fourth-order valence-electron chi connectivity index (χ4n) is 3.73. The van der Waals surface area contributed by atoms with Gasteiger partial charge in [-0.05, 0) is 60.0 Å². The van der Waals surface area contributed by atoms with E-state index in [4.69, 9.17) is 32.6 Å². The molecule has 146 valence electrons. The topological polar surface area (TPSA) is 26.0 Å². The normalized spacial score (nSPS) is 11.2. The van der Waals surface area contributed by atoms with E-state index in [1.54, 1.807) is 0 Å². The maximum atomic E-state index is 6.52. The predicted octanol–water partition coefficient (Wildman–Crippen LogP) is 8.44. The highest BCUT2D eigenvalue weighted by atomic mass is 35.5. The molecule has 2 nitrogen and oxygen atoms in total. The smallest absolute Gasteiger partial charge is 0.227 e. The molecule has 0 amide bonds. The summed E-state index contributed by atoms with van der Waals surface area (Å²) in [4.78, 5) is 4.85. The largest absolute Gasteiger partial charge is 0.436 e. The van der Waals surface area contributed by atoms with Crippen LogP contribution in [0, 0.1) is 6.92 Å². The van der Waals surface area contributed by atoms with Crippen LogP contribution in [-0.2, 0) is 0 Å². The summed E-state index contributed by atoms with van der Waals surface area (Å²) in [6, 6.07) is 27.7. The van der Waals surface area contributed by atoms with E-state index in [-0.39, 0.29) is 0 Å². The number of benzene rings is 4. The SMILES string of the molecule is Cc1ccccc1-c1cc(-c2c(Cl)cccc2Cl)cc2oc(-c3ccccc3)nc12. The summed E-state index contributed by atoms with van der Waals surface area (Å²) in [6.07, 6.45) is 0. The van der Waals surface area contributed by atoms with E-state index in [0.29, 0.717) is 21.5 Å². The van der Waals surface area contributed by atoms with Gasteiger partial charge in [0.2, 0.25) is 5.89 Å². The zero-order valence-corrected chi connectivity index (χ0v) is 17.7. The number of halogens is 2. The van der Waals surface area contributed by atoms with Gasteiger partial charge in [0.1, 0.15) is 5.52 Å². The Hall–Kier alpha value is -3.07. The Balaban J connectivity index is 1.83. The molecule has 4 heteroatoms. The maximum Gasteiger partial charge on any atom is 0.227 e. The van der Waals surface area contributed by atoms with Crippen LogP contribution in [0.4, 0.5) is 0 Å². The Labute approximate surface area is 184 Å². The second-order valence-corrected chi connectivity index (χ2v) is 7.98. The molecule has 0 fully saturated rings. The molecule has 0 unspecified atom stereocenters. The highest BCUT2D eigenvalue weighted by Crippen LogP contribution is 2.41. The number of aryl methyl sites for hydroxylation is 1. The van der Waals surface area contributed by atoms with Crippen LogP contribution in [0.25, 0.3) is 44.8 Å². The van der Waals surface area contributed by atoms with Crippen LogP contribution in [0.3, 0.4) is 0 Å². The molecule has 5 rings (SSSR count). The number of nitrogens with zero attached hydrogens (tertiary/aromatic N) is 1. The summed E-state index contributed by atoms with van der Waals surface area (Å²) in [7, 11) is 0. The minimum atomic E-state index is 0.586. The van der Waals surface area contributed by atoms with Gasteiger partial charge in [-0.2, -0.15) is 0 Å². The van der Waals surface area contributed by atoms with Gasteiger partial charge in [-0.3, -0.25) is 0 Å². The van der Waals surface area contributed by atoms with Crippen molar-refractivity contribution >= 4 is 34.3 Å². The molecule has 0 bridgehead atoms. The fourth-order valence-corrected chi connectivity index (χ4v) is 4.35. The van der Waals surface area contributed by atoms with E-state index >= 15 is 0 Å². The molecule has 0 saturated carbocycles. The number of aromatic nitrogens is 1. The zero-order chi connectivity index (χ0) is 20.7. The molecule has 0 spiro atoms. The lowest BCUT2D eigenvalue weighted by Crippen LogP contribution is -1.88. The predicted molar refractivity (Wildman–Crippen MR) is 125 cm³/mol. The molecular weight excluding hydrogens is 413 g/mol. The summed E-state index contributed by atoms with van der Waals surface area (Å²) in [5.41, 5.74) is 7.37. The fraction of sp³-hybridized carbons (Fsp3) is 0.0385. The first-order valence-corrected chi connectivity index (χ1v) is 10.4. The van der Waals surface area contributed by atoms with Crippen molar-refractivity contribution in [3.05, 3.63) is 101 Å². The van der Waals surface area contributed by atoms with Crippen molar-refractivity contribution < 1.29 is 4.42 Å². The highest BCUT2D eigenvalue weighted by Gasteiger charge is 2.18. The molecule has 0 aliphatic heterocycles. The standard InChI is InChI=1S/C26H17Cl2NO/c1-16-8-5-6-11-19(16)20-14-18(24-21(27)12-7-13-22(24)28)15-23-25(20)29-26(30-23)17-9-3-2-4-10-17/h2-15H,1H3. The van der Waals surface area contributed by atoms with Crippen LogP contribution in [0.2, 0.25) is 10.0 Å². The Morgan fingerprint density at radius 3 is 2.13 bits per heavy atom. The van der Waals surface area contributed by atoms with Crippen LogP contribution in [0.5, 0.6) is 0 Å². The van der Waals surface area contributed by atoms with Crippen molar-refractivity contribution in [1.29, 1.82) is 0 Å². The van der Waals surface area contributed by atoms with Crippen molar-refractivity contribution in [1.82, 2.24) is 4.98 Å². The first-order valence-electron chi connectivity index (χ1n) is 9.62. The van der Waals surface area contributed by atoms with Gasteiger partial charge >= 0.3 is 0 Å². The summed E-state index contributed by atoms with van der Waals surface area (Å²) in [5, 5.41) is 1.20. The average Bonchev–Trinajstić information content (AvgIpc) is 3.19. The minimum absolute atomic E-state index is 0.586. The van der Waals surface area contributed by atoms with Crippen LogP contribution < -0.4 is 0 Å². The zero-order valence-electron chi connectivity index (χ0n) is 16.2. The Bertz CT molecular complexity index is 1350. The highest BCUT2D eigenvalue weighted by molar-refractivity contribution is 6.39. The van der Waals surface area contributed by atoms with Crippen LogP contribution >= 0.6 is 23.2 Å². The third kappa shape index (κ3) is 3.28. The van der Waals surface area contributed by atoms with Crippen molar-refractivity contribution in [2.75, 3.05) is 0 Å². The monoisotopic (exact) mass is 429 g/mol. The summed E-state index contributed by atoms with van der Waals surface area (Å²) in [5.74, 6) is 0.586. The number of oxazole rings is 1. The number of rotatable bonds is 3. The lowest BCUT2D eigenvalue weighted by atomic mass is 9.95. The molecular formula is C26H17Cl2NO. The lowest BCUT2D eigenvalue weighted by Gasteiger charge is -2.11. The van der Waals surface area contributed by atoms with E-state index in [9.17, 15) is 0 Å². The van der Waals surface area contributed by atoms with Crippen molar-refractivity contribution in [3.63, 3.8) is 0 Å². The van der Waals surface area contributed by atoms with E-state index in [2.05, 4.69) is 25.1 Å². The molecule has 1 aromatic heterocycles. The summed E-state index contributed by atoms with van der Waals surface area (Å²) < 4.78 is 6.20. The van der Waals surface area contributed by atoms with Gasteiger partial charge in [0.15, 0.2) is 5.58 Å². The molecule has 5 aromatic rings. The van der Waals surface area contributed by atoms with E-state index in [0.717, 1.165) is 38.9 Å². The summed E-state index contributed by atoms with van der Waals surface area (Å²) in [6.45, 7) is 2.09. The molecule has 0 aliphatic rings. The Kier molecular flexibility index (Phi) is 4.82. The van der Waals surface area contributed by atoms with Crippen LogP contribution in [0.15, 0.2) is 89.3 Å². The Morgan fingerprint density at radius 1 is 0.700 bits per heavy atom. The van der Waals surface area contributed by atoms with Gasteiger partial charge in [-0.15, -0.1) is 0 Å². The van der Waals surface area contributed by atoms with Crippen LogP contribution in [-0.4, -0.2) is 4.98 Å². The van der Waals surface area contributed by atoms with Crippen molar-refractivity contribution in [2.24, 2.45) is 0 Å². The molecule has 4 aromatic carbocycles. The molecule has 0 atom stereocenters. The van der Waals surface area contributed by atoms with Gasteiger partial charge in [-0.25, -0.2) is 4.98 Å². The van der Waals surface area contributed by atoms with Crippen molar-refractivity contribution in [2.45, 2.75) is 6.92 Å². The molecule has 30 heavy (non-hydrogen) atoms. The third-order valence-corrected chi connectivity index (χ3v) is 5.83. The maximum absolute atomic E-state index is 6.52. The molecule has 0 aliphatic carbocycles. The van der Waals surface area contributed by atoms with Gasteiger partial charge in [0, 0.05) is 26.7 Å². The van der Waals surface area contributed by atoms with Crippen molar-refractivity contribution in [3.8, 4) is 33.7 Å². The molecule has 1 heterocycles. The van der Waals surface area contributed by atoms with E-state index < -0.39 is 0 Å². The number of hydrogen-bond acceptors (Lipinski definition) is 2. The first-order chi connectivity index (χ1) is 14.6. The first kappa shape index (κ1) is 18.9. The van der Waals surface area contributed by atoms with E-state index in [1.807, 2.05) is 66.7 Å². The van der Waals surface area contributed by atoms with Gasteiger partial charge in [0.25, 0.3) is 0 Å². The average molecular weight is 430 g/mol. The molecule has 0 saturated heterocycles. The number of hydrogen-bond donors (Lipinski definition) is 0. The lowest BCUT2D eigenvalue weighted by molar-refractivity contribution is 0.620. The van der Waals surface area contributed by atoms with Gasteiger partial charge in [-0.1, -0.05) is 71.7 Å². The second-order valence-electron chi connectivity index (χ2n) is 7.17. The van der Waals surface area contributed by atoms with E-state index in [1.165, 1.54) is 0 Å². The van der Waals surface area contributed by atoms with Gasteiger partial charge in [0.05, 0.1) is 0 Å². The third-order valence-electron chi connectivity index (χ3n) is 5.20. The summed E-state index contributed by atoms with van der Waals surface area (Å²) >= 11 is 13.0. The van der Waals surface area contributed by atoms with Crippen LogP contribution in [0.1, 0.15) is 5.56 Å². The van der Waals surface area contributed by atoms with Gasteiger partial charge < -0.3 is 4.42 Å². The number of fused-ring (bicyclic) bond motifs is 1. The second kappa shape index (κ2) is 7.64. The Morgan fingerprint density at radius 2 is 1.40 bits per heavy atom.